The van der Waals surface area contributed by atoms with Gasteiger partial charge in [-0.2, -0.15) is 8.42 Å². The summed E-state index contributed by atoms with van der Waals surface area (Å²) in [4.78, 5) is 0. The fourth-order valence-electron chi connectivity index (χ4n) is 2.59. The van der Waals surface area contributed by atoms with Crippen molar-refractivity contribution in [1.29, 1.82) is 0 Å². The fraction of sp³-hybridized carbons (Fsp3) is 0.833. The van der Waals surface area contributed by atoms with Gasteiger partial charge in [-0.15, -0.1) is 6.58 Å². The van der Waals surface area contributed by atoms with E-state index in [4.69, 9.17) is 18.4 Å². The maximum absolute atomic E-state index is 11.3. The van der Waals surface area contributed by atoms with Gasteiger partial charge in [-0.05, 0) is 13.8 Å². The Morgan fingerprint density at radius 2 is 2.00 bits per heavy atom. The summed E-state index contributed by atoms with van der Waals surface area (Å²) in [5, 5.41) is 20.1. The molecule has 2 rings (SSSR count). The third kappa shape index (κ3) is 3.00. The lowest BCUT2D eigenvalue weighted by Crippen LogP contribution is -2.56. The van der Waals surface area contributed by atoms with E-state index in [0.717, 1.165) is 12.3 Å². The highest BCUT2D eigenvalue weighted by Crippen LogP contribution is 2.44. The second-order valence-corrected chi connectivity index (χ2v) is 7.20. The normalized spacial score (nSPS) is 40.0. The van der Waals surface area contributed by atoms with E-state index >= 15 is 0 Å². The van der Waals surface area contributed by atoms with Crippen LogP contribution in [0.25, 0.3) is 0 Å². The molecule has 0 aromatic heterocycles. The highest BCUT2D eigenvalue weighted by atomic mass is 32.2. The zero-order chi connectivity index (χ0) is 16.1. The molecule has 2 saturated heterocycles. The Labute approximate surface area is 123 Å². The molecular weight excluding hydrogens is 304 g/mol. The van der Waals surface area contributed by atoms with Gasteiger partial charge in [0, 0.05) is 0 Å². The lowest BCUT2D eigenvalue weighted by molar-refractivity contribution is -0.258. The van der Waals surface area contributed by atoms with Gasteiger partial charge in [-0.1, -0.05) is 6.08 Å². The highest BCUT2D eigenvalue weighted by molar-refractivity contribution is 7.86. The van der Waals surface area contributed by atoms with Gasteiger partial charge in [0.2, 0.25) is 0 Å². The maximum Gasteiger partial charge on any atom is 0.265 e. The Hall–Kier alpha value is -0.550. The minimum absolute atomic E-state index is 0.694. The monoisotopic (exact) mass is 324 g/mol. The molecule has 0 aromatic rings. The molecule has 2 aliphatic rings. The minimum Gasteiger partial charge on any atom is -0.393 e. The summed E-state index contributed by atoms with van der Waals surface area (Å²) in [6.45, 7) is 6.08. The number of fused-ring (bicyclic) bond motifs is 1. The first kappa shape index (κ1) is 16.8. The number of aliphatic hydroxyl groups is 2. The van der Waals surface area contributed by atoms with Crippen molar-refractivity contribution in [2.75, 3.05) is 12.9 Å². The molecule has 0 radical (unpaired) electrons. The van der Waals surface area contributed by atoms with E-state index in [1.165, 1.54) is 0 Å². The Bertz CT molecular complexity index is 515. The molecule has 5 atom stereocenters. The van der Waals surface area contributed by atoms with E-state index in [2.05, 4.69) is 6.58 Å². The van der Waals surface area contributed by atoms with Crippen LogP contribution in [0.1, 0.15) is 13.8 Å². The summed E-state index contributed by atoms with van der Waals surface area (Å²) >= 11 is 0. The molecule has 21 heavy (non-hydrogen) atoms. The van der Waals surface area contributed by atoms with Crippen LogP contribution in [0.3, 0.4) is 0 Å². The van der Waals surface area contributed by atoms with E-state index in [9.17, 15) is 18.6 Å². The van der Waals surface area contributed by atoms with E-state index in [1.54, 1.807) is 13.8 Å². The molecule has 9 heteroatoms. The molecule has 2 N–H and O–H groups in total. The topological polar surface area (TPSA) is 112 Å². The molecule has 0 unspecified atom stereocenters. The van der Waals surface area contributed by atoms with Gasteiger partial charge >= 0.3 is 0 Å². The average Bonchev–Trinajstić information content (AvgIpc) is 2.77. The van der Waals surface area contributed by atoms with Gasteiger partial charge in [0.15, 0.2) is 17.7 Å². The minimum atomic E-state index is -3.85. The van der Waals surface area contributed by atoms with Crippen molar-refractivity contribution in [2.45, 2.75) is 49.8 Å². The largest absolute Gasteiger partial charge is 0.393 e. The summed E-state index contributed by atoms with van der Waals surface area (Å²) in [5.74, 6) is -0.945. The first-order valence-electron chi connectivity index (χ1n) is 6.38. The molecule has 0 aliphatic carbocycles. The van der Waals surface area contributed by atoms with Crippen LogP contribution < -0.4 is 0 Å². The van der Waals surface area contributed by atoms with E-state index < -0.39 is 52.7 Å². The summed E-state index contributed by atoms with van der Waals surface area (Å²) in [7, 11) is -3.85. The van der Waals surface area contributed by atoms with Crippen molar-refractivity contribution >= 4 is 10.1 Å². The van der Waals surface area contributed by atoms with Crippen molar-refractivity contribution < 1.29 is 37.0 Å². The molecule has 2 fully saturated rings. The maximum atomic E-state index is 11.3. The summed E-state index contributed by atoms with van der Waals surface area (Å²) in [6.07, 6.45) is -2.43. The molecule has 0 aromatic carbocycles. The van der Waals surface area contributed by atoms with Crippen LogP contribution in [0.4, 0.5) is 0 Å². The van der Waals surface area contributed by atoms with Crippen LogP contribution in [-0.4, -0.2) is 67.5 Å². The molecule has 122 valence electrons. The Kier molecular flexibility index (Phi) is 4.22. The molecule has 2 heterocycles. The van der Waals surface area contributed by atoms with Crippen LogP contribution in [0.5, 0.6) is 0 Å². The zero-order valence-electron chi connectivity index (χ0n) is 12.1. The van der Waals surface area contributed by atoms with E-state index in [1.807, 2.05) is 0 Å². The second-order valence-electron chi connectivity index (χ2n) is 5.60. The van der Waals surface area contributed by atoms with Crippen molar-refractivity contribution in [2.24, 2.45) is 0 Å². The first-order chi connectivity index (χ1) is 9.54. The predicted octanol–water partition coefficient (Wildman–Crippen LogP) is -0.883. The van der Waals surface area contributed by atoms with Gasteiger partial charge in [-0.25, -0.2) is 0 Å². The average molecular weight is 324 g/mol. The summed E-state index contributed by atoms with van der Waals surface area (Å²) in [6, 6.07) is 0. The van der Waals surface area contributed by atoms with Crippen molar-refractivity contribution in [1.82, 2.24) is 0 Å². The number of hydrogen-bond donors (Lipinski definition) is 2. The SMILES string of the molecule is C=C[C@@H](OS(C)(=O)=O)[C@]1(CO)O[C@@H]2OC(C)(C)O[C@@H]2[C@@H]1O. The van der Waals surface area contributed by atoms with Crippen LogP contribution in [0, 0.1) is 0 Å². The number of aliphatic hydroxyl groups excluding tert-OH is 2. The zero-order valence-corrected chi connectivity index (χ0v) is 12.9. The molecule has 8 nitrogen and oxygen atoms in total. The highest BCUT2D eigenvalue weighted by Gasteiger charge is 2.64. The molecule has 0 amide bonds. The van der Waals surface area contributed by atoms with Crippen LogP contribution in [0.2, 0.25) is 0 Å². The van der Waals surface area contributed by atoms with E-state index in [0.29, 0.717) is 0 Å². The molecular formula is C12H20O8S. The van der Waals surface area contributed by atoms with Gasteiger partial charge in [0.05, 0.1) is 12.9 Å². The third-order valence-corrected chi connectivity index (χ3v) is 4.01. The van der Waals surface area contributed by atoms with Gasteiger partial charge in [0.25, 0.3) is 10.1 Å². The van der Waals surface area contributed by atoms with Gasteiger partial charge in [0.1, 0.15) is 18.3 Å². The van der Waals surface area contributed by atoms with Crippen molar-refractivity contribution in [3.05, 3.63) is 12.7 Å². The van der Waals surface area contributed by atoms with Crippen LogP contribution in [0.15, 0.2) is 12.7 Å². The summed E-state index contributed by atoms with van der Waals surface area (Å²) in [5.41, 5.74) is -1.73. The predicted molar refractivity (Wildman–Crippen MR) is 70.6 cm³/mol. The molecule has 0 bridgehead atoms. The number of rotatable bonds is 5. The number of hydrogen-bond acceptors (Lipinski definition) is 8. The lowest BCUT2D eigenvalue weighted by Gasteiger charge is -2.36. The molecule has 0 saturated carbocycles. The quantitative estimate of drug-likeness (QED) is 0.495. The Morgan fingerprint density at radius 3 is 2.43 bits per heavy atom. The van der Waals surface area contributed by atoms with Crippen molar-refractivity contribution in [3.63, 3.8) is 0 Å². The molecule has 0 spiro atoms. The second kappa shape index (κ2) is 5.27. The fourth-order valence-corrected chi connectivity index (χ4v) is 3.21. The standard InChI is InChI=1S/C12H20O8S/c1-5-7(20-21(4,15)16)12(6-13)9(14)8-10(19-12)18-11(2,3)17-8/h5,7-10,13-14H,1,6H2,2-4H3/t7-,8-,9+,10+,12+/m1/s1. The van der Waals surface area contributed by atoms with Crippen LogP contribution in [-0.2, 0) is 28.5 Å². The Morgan fingerprint density at radius 1 is 1.38 bits per heavy atom. The van der Waals surface area contributed by atoms with Crippen molar-refractivity contribution in [3.8, 4) is 0 Å². The summed E-state index contributed by atoms with van der Waals surface area (Å²) < 4.78 is 44.0. The van der Waals surface area contributed by atoms with Gasteiger partial charge < -0.3 is 24.4 Å². The van der Waals surface area contributed by atoms with Crippen LogP contribution >= 0.6 is 0 Å². The molecule has 2 aliphatic heterocycles. The number of ether oxygens (including phenoxy) is 3. The van der Waals surface area contributed by atoms with Gasteiger partial charge in [-0.3, -0.25) is 4.18 Å². The smallest absolute Gasteiger partial charge is 0.265 e. The van der Waals surface area contributed by atoms with E-state index in [-0.39, 0.29) is 0 Å². The Balaban J connectivity index is 2.29. The lowest BCUT2D eigenvalue weighted by atomic mass is 9.90. The first-order valence-corrected chi connectivity index (χ1v) is 8.19. The third-order valence-electron chi connectivity index (χ3n) is 3.46.